The van der Waals surface area contributed by atoms with Gasteiger partial charge in [-0.25, -0.2) is 8.42 Å². The van der Waals surface area contributed by atoms with Crippen molar-refractivity contribution in [2.45, 2.75) is 51.1 Å². The molecule has 1 aliphatic rings. The van der Waals surface area contributed by atoms with Crippen LogP contribution in [0.4, 0.5) is 5.82 Å². The van der Waals surface area contributed by atoms with E-state index in [1.807, 2.05) is 6.92 Å². The van der Waals surface area contributed by atoms with Crippen molar-refractivity contribution in [3.8, 4) is 0 Å². The second-order valence-corrected chi connectivity index (χ2v) is 7.16. The second kappa shape index (κ2) is 5.13. The summed E-state index contributed by atoms with van der Waals surface area (Å²) in [5.74, 6) is 0.399. The maximum atomic E-state index is 12.7. The predicted octanol–water partition coefficient (Wildman–Crippen LogP) is 1.29. The van der Waals surface area contributed by atoms with E-state index in [1.54, 1.807) is 8.99 Å². The summed E-state index contributed by atoms with van der Waals surface area (Å²) in [5, 5.41) is 4.03. The van der Waals surface area contributed by atoms with Crippen LogP contribution in [0.1, 0.15) is 33.6 Å². The van der Waals surface area contributed by atoms with Gasteiger partial charge < -0.3 is 5.73 Å². The molecule has 0 aliphatic carbocycles. The monoisotopic (exact) mass is 286 g/mol. The fourth-order valence-electron chi connectivity index (χ4n) is 2.64. The van der Waals surface area contributed by atoms with Gasteiger partial charge >= 0.3 is 0 Å². The van der Waals surface area contributed by atoms with Crippen molar-refractivity contribution in [2.24, 2.45) is 5.92 Å². The predicted molar refractivity (Wildman–Crippen MR) is 74.1 cm³/mol. The highest BCUT2D eigenvalue weighted by Crippen LogP contribution is 2.31. The number of anilines is 1. The van der Waals surface area contributed by atoms with Crippen molar-refractivity contribution in [2.75, 3.05) is 12.3 Å². The average Bonchev–Trinajstić information content (AvgIpc) is 2.94. The highest BCUT2D eigenvalue weighted by atomic mass is 32.2. The molecule has 2 rings (SSSR count). The van der Waals surface area contributed by atoms with Gasteiger partial charge in [-0.2, -0.15) is 9.40 Å². The fraction of sp³-hybridized carbons (Fsp3) is 0.750. The number of aryl methyl sites for hydroxylation is 1. The molecule has 7 heteroatoms. The Labute approximate surface area is 114 Å². The first-order valence-corrected chi connectivity index (χ1v) is 8.16. The van der Waals surface area contributed by atoms with E-state index >= 15 is 0 Å². The molecule has 1 atom stereocenters. The number of nitrogens with two attached hydrogens (primary N) is 1. The minimum atomic E-state index is -3.53. The SMILES string of the molecule is CCn1cc(S(=O)(=O)N2CCCC2C(C)C)c(N)n1. The van der Waals surface area contributed by atoms with Crippen LogP contribution in [0, 0.1) is 5.92 Å². The Hall–Kier alpha value is -1.08. The minimum Gasteiger partial charge on any atom is -0.381 e. The molecule has 2 heterocycles. The summed E-state index contributed by atoms with van der Waals surface area (Å²) in [7, 11) is -3.53. The van der Waals surface area contributed by atoms with E-state index in [9.17, 15) is 8.42 Å². The summed E-state index contributed by atoms with van der Waals surface area (Å²) in [6.45, 7) is 7.18. The number of nitrogen functional groups attached to an aromatic ring is 1. The Balaban J connectivity index is 2.39. The summed E-state index contributed by atoms with van der Waals surface area (Å²) in [6.07, 6.45) is 3.35. The van der Waals surface area contributed by atoms with Gasteiger partial charge in [-0.15, -0.1) is 0 Å². The van der Waals surface area contributed by atoms with Crippen molar-refractivity contribution >= 4 is 15.8 Å². The first-order chi connectivity index (χ1) is 8.87. The minimum absolute atomic E-state index is 0.0642. The second-order valence-electron chi connectivity index (χ2n) is 5.30. The van der Waals surface area contributed by atoms with E-state index in [4.69, 9.17) is 5.73 Å². The Morgan fingerprint density at radius 1 is 1.53 bits per heavy atom. The molecule has 0 radical (unpaired) electrons. The molecule has 0 bridgehead atoms. The lowest BCUT2D eigenvalue weighted by molar-refractivity contribution is 0.316. The number of hydrogen-bond donors (Lipinski definition) is 1. The molecule has 1 aromatic heterocycles. The lowest BCUT2D eigenvalue weighted by Crippen LogP contribution is -2.38. The van der Waals surface area contributed by atoms with Crippen LogP contribution in [0.2, 0.25) is 0 Å². The van der Waals surface area contributed by atoms with Crippen LogP contribution in [0.5, 0.6) is 0 Å². The Morgan fingerprint density at radius 2 is 2.21 bits per heavy atom. The van der Waals surface area contributed by atoms with Crippen molar-refractivity contribution in [3.63, 3.8) is 0 Å². The molecule has 1 unspecified atom stereocenters. The lowest BCUT2D eigenvalue weighted by Gasteiger charge is -2.26. The van der Waals surface area contributed by atoms with Gasteiger partial charge in [-0.3, -0.25) is 4.68 Å². The van der Waals surface area contributed by atoms with Crippen LogP contribution in [0.3, 0.4) is 0 Å². The molecule has 108 valence electrons. The summed E-state index contributed by atoms with van der Waals surface area (Å²) in [5.41, 5.74) is 5.75. The van der Waals surface area contributed by atoms with Crippen LogP contribution in [0.25, 0.3) is 0 Å². The normalized spacial score (nSPS) is 21.4. The van der Waals surface area contributed by atoms with Crippen LogP contribution in [0.15, 0.2) is 11.1 Å². The molecule has 1 saturated heterocycles. The molecular weight excluding hydrogens is 264 g/mol. The van der Waals surface area contributed by atoms with Gasteiger partial charge in [0.05, 0.1) is 0 Å². The molecule has 1 aromatic rings. The molecule has 0 amide bonds. The van der Waals surface area contributed by atoms with Crippen LogP contribution < -0.4 is 5.73 Å². The number of sulfonamides is 1. The van der Waals surface area contributed by atoms with E-state index < -0.39 is 10.0 Å². The molecule has 6 nitrogen and oxygen atoms in total. The summed E-state index contributed by atoms with van der Waals surface area (Å²) in [6, 6.07) is 0.0642. The summed E-state index contributed by atoms with van der Waals surface area (Å²) >= 11 is 0. The zero-order valence-corrected chi connectivity index (χ0v) is 12.5. The first kappa shape index (κ1) is 14.3. The molecule has 0 saturated carbocycles. The summed E-state index contributed by atoms with van der Waals surface area (Å²) < 4.78 is 28.5. The van der Waals surface area contributed by atoms with E-state index in [2.05, 4.69) is 18.9 Å². The zero-order chi connectivity index (χ0) is 14.2. The third-order valence-corrected chi connectivity index (χ3v) is 5.62. The van der Waals surface area contributed by atoms with Crippen molar-refractivity contribution in [1.82, 2.24) is 14.1 Å². The number of aromatic nitrogens is 2. The highest BCUT2D eigenvalue weighted by Gasteiger charge is 2.38. The quantitative estimate of drug-likeness (QED) is 0.904. The standard InChI is InChI=1S/C12H22N4O2S/c1-4-15-8-11(12(13)14-15)19(17,18)16-7-5-6-10(16)9(2)3/h8-10H,4-7H2,1-3H3,(H2,13,14). The Morgan fingerprint density at radius 3 is 2.74 bits per heavy atom. The van der Waals surface area contributed by atoms with Gasteiger partial charge in [0.2, 0.25) is 10.0 Å². The first-order valence-electron chi connectivity index (χ1n) is 6.72. The molecule has 1 aliphatic heterocycles. The van der Waals surface area contributed by atoms with Gasteiger partial charge in [0.15, 0.2) is 5.82 Å². The van der Waals surface area contributed by atoms with E-state index in [-0.39, 0.29) is 16.8 Å². The fourth-order valence-corrected chi connectivity index (χ4v) is 4.52. The van der Waals surface area contributed by atoms with Crippen molar-refractivity contribution in [3.05, 3.63) is 6.20 Å². The average molecular weight is 286 g/mol. The number of hydrogen-bond acceptors (Lipinski definition) is 4. The highest BCUT2D eigenvalue weighted by molar-refractivity contribution is 7.89. The van der Waals surface area contributed by atoms with Crippen molar-refractivity contribution < 1.29 is 8.42 Å². The Kier molecular flexibility index (Phi) is 3.87. The van der Waals surface area contributed by atoms with Crippen LogP contribution in [-0.4, -0.2) is 35.1 Å². The maximum Gasteiger partial charge on any atom is 0.248 e. The lowest BCUT2D eigenvalue weighted by atomic mass is 10.0. The number of nitrogens with zero attached hydrogens (tertiary/aromatic N) is 3. The van der Waals surface area contributed by atoms with Gasteiger partial charge in [-0.1, -0.05) is 13.8 Å². The van der Waals surface area contributed by atoms with E-state index in [0.717, 1.165) is 12.8 Å². The third kappa shape index (κ3) is 2.49. The molecule has 0 spiro atoms. The zero-order valence-electron chi connectivity index (χ0n) is 11.7. The van der Waals surface area contributed by atoms with Crippen molar-refractivity contribution in [1.29, 1.82) is 0 Å². The molecule has 2 N–H and O–H groups in total. The third-order valence-electron chi connectivity index (χ3n) is 3.68. The van der Waals surface area contributed by atoms with Crippen LogP contribution >= 0.6 is 0 Å². The van der Waals surface area contributed by atoms with Crippen LogP contribution in [-0.2, 0) is 16.6 Å². The molecular formula is C12H22N4O2S. The maximum absolute atomic E-state index is 12.7. The van der Waals surface area contributed by atoms with E-state index in [0.29, 0.717) is 19.0 Å². The molecule has 19 heavy (non-hydrogen) atoms. The summed E-state index contributed by atoms with van der Waals surface area (Å²) in [4.78, 5) is 0.141. The molecule has 0 aromatic carbocycles. The molecule has 1 fully saturated rings. The largest absolute Gasteiger partial charge is 0.381 e. The van der Waals surface area contributed by atoms with Gasteiger partial charge in [-0.05, 0) is 25.7 Å². The van der Waals surface area contributed by atoms with Gasteiger partial charge in [0.1, 0.15) is 4.90 Å². The van der Waals surface area contributed by atoms with Gasteiger partial charge in [0.25, 0.3) is 0 Å². The topological polar surface area (TPSA) is 81.2 Å². The van der Waals surface area contributed by atoms with E-state index in [1.165, 1.54) is 6.20 Å². The smallest absolute Gasteiger partial charge is 0.248 e. The van der Waals surface area contributed by atoms with Gasteiger partial charge in [0, 0.05) is 25.3 Å². The number of rotatable bonds is 4. The Bertz CT molecular complexity index is 550.